The van der Waals surface area contributed by atoms with Crippen LogP contribution in [0, 0.1) is 34.9 Å². The van der Waals surface area contributed by atoms with Gasteiger partial charge in [-0.05, 0) is 86.7 Å². The summed E-state index contributed by atoms with van der Waals surface area (Å²) in [5, 5.41) is 8.87. The number of carboxylic acid groups (broad SMARTS) is 1. The number of benzene rings is 1. The second-order valence-electron chi connectivity index (χ2n) is 10.9. The van der Waals surface area contributed by atoms with E-state index in [-0.39, 0.29) is 11.3 Å². The molecule has 4 nitrogen and oxygen atoms in total. The van der Waals surface area contributed by atoms with Gasteiger partial charge in [0.25, 0.3) is 0 Å². The lowest BCUT2D eigenvalue weighted by molar-refractivity contribution is -0.192. The summed E-state index contributed by atoms with van der Waals surface area (Å²) in [6.45, 7) is 0.498. The molecular formula is C25H28F4O4. The molecule has 5 fully saturated rings. The molecule has 1 aromatic rings. The molecule has 0 heterocycles. The topological polar surface area (TPSA) is 63.6 Å². The van der Waals surface area contributed by atoms with Crippen molar-refractivity contribution in [3.63, 3.8) is 0 Å². The minimum absolute atomic E-state index is 0.0846. The number of carbonyl (C=O) groups excluding carboxylic acids is 1. The zero-order chi connectivity index (χ0) is 23.5. The van der Waals surface area contributed by atoms with E-state index in [2.05, 4.69) is 0 Å². The summed E-state index contributed by atoms with van der Waals surface area (Å²) >= 11 is 0. The molecule has 1 unspecified atom stereocenters. The molecule has 5 aliphatic rings. The third-order valence-electron chi connectivity index (χ3n) is 8.20. The van der Waals surface area contributed by atoms with Gasteiger partial charge in [0.1, 0.15) is 11.6 Å². The molecule has 0 saturated heterocycles. The van der Waals surface area contributed by atoms with Crippen molar-refractivity contribution < 1.29 is 37.0 Å². The van der Waals surface area contributed by atoms with Crippen molar-refractivity contribution in [3.8, 4) is 5.75 Å². The molecule has 1 N–H and O–H groups in total. The molecule has 5 aliphatic carbocycles. The normalized spacial score (nSPS) is 31.5. The number of rotatable bonds is 8. The predicted molar refractivity (Wildman–Crippen MR) is 111 cm³/mol. The first-order chi connectivity index (χ1) is 15.5. The number of Topliss-reactive ketones (excluding diaryl/α,β-unsaturated/α-hetero) is 1. The van der Waals surface area contributed by atoms with Crippen LogP contribution in [0.4, 0.5) is 17.6 Å². The number of carbonyl (C=O) groups is 2. The molecule has 6 rings (SSSR count). The van der Waals surface area contributed by atoms with Crippen LogP contribution in [0.1, 0.15) is 79.6 Å². The van der Waals surface area contributed by atoms with Gasteiger partial charge in [0.05, 0.1) is 12.2 Å². The fourth-order valence-corrected chi connectivity index (χ4v) is 6.96. The monoisotopic (exact) mass is 468 g/mol. The molecule has 0 spiro atoms. The molecule has 1 aromatic carbocycles. The average molecular weight is 468 g/mol. The number of hydrogen-bond donors (Lipinski definition) is 1. The minimum Gasteiger partial charge on any atom is -0.493 e. The van der Waals surface area contributed by atoms with E-state index >= 15 is 0 Å². The highest BCUT2D eigenvalue weighted by Crippen LogP contribution is 2.60. The Morgan fingerprint density at radius 1 is 1.06 bits per heavy atom. The van der Waals surface area contributed by atoms with Gasteiger partial charge >= 0.3 is 12.1 Å². The van der Waals surface area contributed by atoms with E-state index < -0.39 is 41.6 Å². The first-order valence-corrected chi connectivity index (χ1v) is 11.8. The van der Waals surface area contributed by atoms with E-state index in [1.807, 2.05) is 0 Å². The van der Waals surface area contributed by atoms with E-state index in [9.17, 15) is 27.2 Å². The van der Waals surface area contributed by atoms with Crippen LogP contribution in [0.3, 0.4) is 0 Å². The first-order valence-electron chi connectivity index (χ1n) is 11.8. The quantitative estimate of drug-likeness (QED) is 0.368. The fourth-order valence-electron chi connectivity index (χ4n) is 6.96. The molecule has 5 saturated carbocycles. The zero-order valence-corrected chi connectivity index (χ0v) is 18.3. The van der Waals surface area contributed by atoms with Crippen molar-refractivity contribution >= 4 is 11.8 Å². The van der Waals surface area contributed by atoms with Gasteiger partial charge in [-0.3, -0.25) is 9.59 Å². The summed E-state index contributed by atoms with van der Waals surface area (Å²) in [4.78, 5) is 23.5. The number of hydrogen-bond acceptors (Lipinski definition) is 3. The summed E-state index contributed by atoms with van der Waals surface area (Å²) in [6, 6.07) is 2.41. The third kappa shape index (κ3) is 4.50. The highest BCUT2D eigenvalue weighted by Gasteiger charge is 2.51. The van der Waals surface area contributed by atoms with Crippen LogP contribution >= 0.6 is 0 Å². The number of alkyl halides is 3. The predicted octanol–water partition coefficient (Wildman–Crippen LogP) is 6.13. The minimum atomic E-state index is -5.09. The van der Waals surface area contributed by atoms with E-state index in [0.29, 0.717) is 17.9 Å². The van der Waals surface area contributed by atoms with E-state index in [1.54, 1.807) is 0 Å². The van der Waals surface area contributed by atoms with Crippen LogP contribution in [0.2, 0.25) is 0 Å². The maximum atomic E-state index is 14.9. The van der Waals surface area contributed by atoms with Crippen LogP contribution in [0.5, 0.6) is 5.75 Å². The number of ketones is 1. The second kappa shape index (κ2) is 7.98. The van der Waals surface area contributed by atoms with Crippen LogP contribution < -0.4 is 4.74 Å². The van der Waals surface area contributed by atoms with Crippen molar-refractivity contribution in [2.24, 2.45) is 29.1 Å². The molecule has 0 aromatic heterocycles. The number of ether oxygens (including phenoxy) is 1. The largest absolute Gasteiger partial charge is 0.493 e. The molecule has 33 heavy (non-hydrogen) atoms. The number of halogens is 4. The van der Waals surface area contributed by atoms with E-state index in [1.165, 1.54) is 25.3 Å². The fraction of sp³-hybridized carbons (Fsp3) is 0.680. The summed E-state index contributed by atoms with van der Waals surface area (Å²) in [7, 11) is 0. The Morgan fingerprint density at radius 2 is 1.64 bits per heavy atom. The van der Waals surface area contributed by atoms with Gasteiger partial charge in [-0.25, -0.2) is 4.39 Å². The summed E-state index contributed by atoms with van der Waals surface area (Å²) in [5.41, 5.74) is 0.264. The molecule has 8 heteroatoms. The van der Waals surface area contributed by atoms with Crippen molar-refractivity contribution in [1.82, 2.24) is 0 Å². The first kappa shape index (κ1) is 22.7. The Labute approximate surface area is 189 Å². The van der Waals surface area contributed by atoms with Gasteiger partial charge in [0.2, 0.25) is 0 Å². The molecule has 180 valence electrons. The van der Waals surface area contributed by atoms with Crippen LogP contribution in [0.25, 0.3) is 0 Å². The van der Waals surface area contributed by atoms with Crippen molar-refractivity contribution in [2.75, 3.05) is 6.61 Å². The molecule has 0 amide bonds. The Kier molecular flexibility index (Phi) is 5.48. The number of aliphatic carboxylic acids is 1. The van der Waals surface area contributed by atoms with Gasteiger partial charge in [-0.1, -0.05) is 0 Å². The van der Waals surface area contributed by atoms with Crippen LogP contribution in [0.15, 0.2) is 12.1 Å². The summed E-state index contributed by atoms with van der Waals surface area (Å²) in [6.07, 6.45) is 2.56. The smallest absolute Gasteiger partial charge is 0.402 e. The Morgan fingerprint density at radius 3 is 2.12 bits per heavy atom. The highest BCUT2D eigenvalue weighted by atomic mass is 19.4. The average Bonchev–Trinajstić information content (AvgIpc) is 3.53. The highest BCUT2D eigenvalue weighted by molar-refractivity contribution is 5.98. The van der Waals surface area contributed by atoms with Crippen LogP contribution in [-0.4, -0.2) is 29.6 Å². The lowest BCUT2D eigenvalue weighted by Crippen LogP contribution is -2.48. The SMILES string of the molecule is O=C(CC(C(=O)O)C(F)(F)F)c1cc(C2CC2)c(OCC23CC4CC(CC(C4)C2)C3)cc1F. The summed E-state index contributed by atoms with van der Waals surface area (Å²) < 4.78 is 60.0. The van der Waals surface area contributed by atoms with Gasteiger partial charge in [-0.15, -0.1) is 0 Å². The molecular weight excluding hydrogens is 440 g/mol. The Hall–Kier alpha value is -2.12. The van der Waals surface area contributed by atoms with Gasteiger partial charge in [-0.2, -0.15) is 13.2 Å². The van der Waals surface area contributed by atoms with Gasteiger partial charge in [0, 0.05) is 17.9 Å². The van der Waals surface area contributed by atoms with Crippen LogP contribution in [-0.2, 0) is 4.79 Å². The molecule has 0 aliphatic heterocycles. The zero-order valence-electron chi connectivity index (χ0n) is 18.3. The third-order valence-corrected chi connectivity index (χ3v) is 8.20. The van der Waals surface area contributed by atoms with Crippen molar-refractivity contribution in [3.05, 3.63) is 29.1 Å². The van der Waals surface area contributed by atoms with Gasteiger partial charge in [0.15, 0.2) is 11.7 Å². The van der Waals surface area contributed by atoms with E-state index in [0.717, 1.165) is 55.9 Å². The maximum Gasteiger partial charge on any atom is 0.402 e. The Bertz CT molecular complexity index is 931. The molecule has 0 radical (unpaired) electrons. The van der Waals surface area contributed by atoms with Gasteiger partial charge < -0.3 is 9.84 Å². The lowest BCUT2D eigenvalue weighted by Gasteiger charge is -2.56. The lowest BCUT2D eigenvalue weighted by atomic mass is 9.50. The Balaban J connectivity index is 1.35. The van der Waals surface area contributed by atoms with E-state index in [4.69, 9.17) is 9.84 Å². The number of carboxylic acids is 1. The van der Waals surface area contributed by atoms with Crippen molar-refractivity contribution in [1.29, 1.82) is 0 Å². The standard InChI is InChI=1S/C25H28F4O4/c26-20-8-22(33-12-24-9-13-3-14(10-24)5-15(4-13)11-24)17(16-1-2-16)6-18(20)21(30)7-19(23(31)32)25(27,28)29/h6,8,13-16,19H,1-5,7,9-12H2,(H,31,32). The van der Waals surface area contributed by atoms with Crippen molar-refractivity contribution in [2.45, 2.75) is 69.9 Å². The summed E-state index contributed by atoms with van der Waals surface area (Å²) in [5.74, 6) is -4.44. The molecule has 1 atom stereocenters. The second-order valence-corrected chi connectivity index (χ2v) is 10.9. The maximum absolute atomic E-state index is 14.9. The molecule has 4 bridgehead atoms.